The first kappa shape index (κ1) is 12.5. The van der Waals surface area contributed by atoms with Gasteiger partial charge in [-0.3, -0.25) is 14.7 Å². The van der Waals surface area contributed by atoms with E-state index in [1.807, 2.05) is 0 Å². The van der Waals surface area contributed by atoms with Gasteiger partial charge in [0.25, 0.3) is 5.56 Å². The van der Waals surface area contributed by atoms with Crippen LogP contribution in [0.15, 0.2) is 22.0 Å². The highest BCUT2D eigenvalue weighted by atomic mass is 16.2. The van der Waals surface area contributed by atoms with E-state index in [1.54, 1.807) is 6.20 Å². The standard InChI is InChI=1S/C12H14N6O2/c13-11-14-3-7-5-18(2-1-9(7)16-11)6-8-4-15-12(20)17-10(8)19/h3-4H,1-2,5-6H2,(H2,13,14,16)(H2,15,17,19,20). The monoisotopic (exact) mass is 274 g/mol. The van der Waals surface area contributed by atoms with Gasteiger partial charge in [0.2, 0.25) is 5.95 Å². The summed E-state index contributed by atoms with van der Waals surface area (Å²) >= 11 is 0. The Bertz CT molecular complexity index is 750. The fraction of sp³-hybridized carbons (Fsp3) is 0.333. The van der Waals surface area contributed by atoms with Crippen molar-refractivity contribution in [2.45, 2.75) is 19.5 Å². The number of anilines is 1. The van der Waals surface area contributed by atoms with Crippen molar-refractivity contribution in [3.63, 3.8) is 0 Å². The molecule has 1 aliphatic rings. The summed E-state index contributed by atoms with van der Waals surface area (Å²) in [5.74, 6) is 0.286. The molecule has 4 N–H and O–H groups in total. The number of nitrogens with one attached hydrogen (secondary N) is 2. The number of fused-ring (bicyclic) bond motifs is 1. The molecule has 0 amide bonds. The van der Waals surface area contributed by atoms with E-state index in [2.05, 4.69) is 24.8 Å². The molecule has 0 spiro atoms. The maximum absolute atomic E-state index is 11.7. The average Bonchev–Trinajstić information content (AvgIpc) is 2.42. The lowest BCUT2D eigenvalue weighted by atomic mass is 10.1. The molecule has 0 atom stereocenters. The zero-order valence-corrected chi connectivity index (χ0v) is 10.7. The van der Waals surface area contributed by atoms with Gasteiger partial charge in [0.1, 0.15) is 0 Å². The molecule has 8 heteroatoms. The number of hydrogen-bond acceptors (Lipinski definition) is 6. The van der Waals surface area contributed by atoms with Gasteiger partial charge in [-0.1, -0.05) is 0 Å². The number of nitrogen functional groups attached to an aromatic ring is 1. The molecule has 8 nitrogen and oxygen atoms in total. The lowest BCUT2D eigenvalue weighted by molar-refractivity contribution is 0.241. The summed E-state index contributed by atoms with van der Waals surface area (Å²) in [5, 5.41) is 0. The lowest BCUT2D eigenvalue weighted by Gasteiger charge is -2.27. The van der Waals surface area contributed by atoms with Gasteiger partial charge in [0.05, 0.1) is 5.69 Å². The van der Waals surface area contributed by atoms with Crippen LogP contribution in [0.4, 0.5) is 5.95 Å². The minimum Gasteiger partial charge on any atom is -0.368 e. The molecule has 0 aromatic carbocycles. The molecular formula is C12H14N6O2. The maximum Gasteiger partial charge on any atom is 0.325 e. The highest BCUT2D eigenvalue weighted by Gasteiger charge is 2.19. The third kappa shape index (κ3) is 2.45. The second-order valence-corrected chi connectivity index (χ2v) is 4.76. The Morgan fingerprint density at radius 3 is 3.05 bits per heavy atom. The predicted octanol–water partition coefficient (Wildman–Crippen LogP) is -1.01. The van der Waals surface area contributed by atoms with Crippen LogP contribution in [0, 0.1) is 0 Å². The Labute approximate surface area is 113 Å². The van der Waals surface area contributed by atoms with Gasteiger partial charge in [-0.2, -0.15) is 0 Å². The molecule has 0 aliphatic carbocycles. The first-order valence-electron chi connectivity index (χ1n) is 6.25. The quantitative estimate of drug-likeness (QED) is 0.645. The van der Waals surface area contributed by atoms with E-state index in [1.165, 1.54) is 6.20 Å². The highest BCUT2D eigenvalue weighted by molar-refractivity contribution is 5.27. The van der Waals surface area contributed by atoms with Gasteiger partial charge in [-0.15, -0.1) is 0 Å². The lowest BCUT2D eigenvalue weighted by Crippen LogP contribution is -2.34. The Kier molecular flexibility index (Phi) is 3.07. The Balaban J connectivity index is 1.79. The van der Waals surface area contributed by atoms with E-state index in [9.17, 15) is 9.59 Å². The molecule has 2 aromatic rings. The highest BCUT2D eigenvalue weighted by Crippen LogP contribution is 2.17. The molecule has 104 valence electrons. The van der Waals surface area contributed by atoms with Gasteiger partial charge >= 0.3 is 5.69 Å². The van der Waals surface area contributed by atoms with Crippen LogP contribution in [0.3, 0.4) is 0 Å². The van der Waals surface area contributed by atoms with Crippen molar-refractivity contribution < 1.29 is 0 Å². The summed E-state index contributed by atoms with van der Waals surface area (Å²) < 4.78 is 0. The molecule has 0 unspecified atom stereocenters. The van der Waals surface area contributed by atoms with E-state index >= 15 is 0 Å². The minimum absolute atomic E-state index is 0.286. The van der Waals surface area contributed by atoms with Crippen LogP contribution in [0.1, 0.15) is 16.8 Å². The van der Waals surface area contributed by atoms with Crippen LogP contribution in [0.2, 0.25) is 0 Å². The SMILES string of the molecule is Nc1ncc2c(n1)CCN(Cc1c[nH]c(=O)[nH]c1=O)C2. The van der Waals surface area contributed by atoms with E-state index in [0.717, 1.165) is 24.2 Å². The van der Waals surface area contributed by atoms with Crippen LogP contribution in [0.5, 0.6) is 0 Å². The zero-order valence-electron chi connectivity index (χ0n) is 10.7. The van der Waals surface area contributed by atoms with Crippen LogP contribution in [-0.4, -0.2) is 31.4 Å². The number of hydrogen-bond donors (Lipinski definition) is 3. The van der Waals surface area contributed by atoms with Crippen LogP contribution in [-0.2, 0) is 19.5 Å². The summed E-state index contributed by atoms with van der Waals surface area (Å²) in [5.41, 5.74) is 7.23. The van der Waals surface area contributed by atoms with Gasteiger partial charge in [0, 0.05) is 49.6 Å². The zero-order chi connectivity index (χ0) is 14.1. The summed E-state index contributed by atoms with van der Waals surface area (Å²) in [6.45, 7) is 1.91. The molecule has 0 saturated carbocycles. The minimum atomic E-state index is -0.494. The summed E-state index contributed by atoms with van der Waals surface area (Å²) in [7, 11) is 0. The average molecular weight is 274 g/mol. The van der Waals surface area contributed by atoms with Crippen molar-refractivity contribution >= 4 is 5.95 Å². The topological polar surface area (TPSA) is 121 Å². The van der Waals surface area contributed by atoms with E-state index in [-0.39, 0.29) is 11.5 Å². The van der Waals surface area contributed by atoms with E-state index in [0.29, 0.717) is 18.7 Å². The summed E-state index contributed by atoms with van der Waals surface area (Å²) in [6, 6.07) is 0. The van der Waals surface area contributed by atoms with Crippen LogP contribution in [0.25, 0.3) is 0 Å². The van der Waals surface area contributed by atoms with E-state index < -0.39 is 5.69 Å². The Hall–Kier alpha value is -2.48. The normalized spacial score (nSPS) is 15.0. The van der Waals surface area contributed by atoms with Gasteiger partial charge in [-0.25, -0.2) is 14.8 Å². The van der Waals surface area contributed by atoms with Crippen molar-refractivity contribution in [2.24, 2.45) is 0 Å². The van der Waals surface area contributed by atoms with Gasteiger partial charge in [0.15, 0.2) is 0 Å². The Morgan fingerprint density at radius 1 is 1.40 bits per heavy atom. The van der Waals surface area contributed by atoms with Gasteiger partial charge < -0.3 is 10.7 Å². The number of rotatable bonds is 2. The number of H-pyrrole nitrogens is 2. The molecule has 0 saturated heterocycles. The molecule has 2 aromatic heterocycles. The van der Waals surface area contributed by atoms with Crippen molar-refractivity contribution in [2.75, 3.05) is 12.3 Å². The van der Waals surface area contributed by atoms with Crippen molar-refractivity contribution in [3.8, 4) is 0 Å². The molecule has 0 bridgehead atoms. The second-order valence-electron chi connectivity index (χ2n) is 4.76. The predicted molar refractivity (Wildman–Crippen MR) is 71.9 cm³/mol. The second kappa shape index (κ2) is 4.89. The summed E-state index contributed by atoms with van der Waals surface area (Å²) in [4.78, 5) is 37.6. The van der Waals surface area contributed by atoms with Gasteiger partial charge in [-0.05, 0) is 0 Å². The first-order valence-corrected chi connectivity index (χ1v) is 6.25. The molecule has 0 radical (unpaired) electrons. The molecule has 1 aliphatic heterocycles. The van der Waals surface area contributed by atoms with E-state index in [4.69, 9.17) is 5.73 Å². The third-order valence-electron chi connectivity index (χ3n) is 3.32. The number of nitrogens with zero attached hydrogens (tertiary/aromatic N) is 3. The fourth-order valence-electron chi connectivity index (χ4n) is 2.32. The van der Waals surface area contributed by atoms with Crippen molar-refractivity contribution in [3.05, 3.63) is 50.1 Å². The smallest absolute Gasteiger partial charge is 0.325 e. The molecule has 3 rings (SSSR count). The Morgan fingerprint density at radius 2 is 2.25 bits per heavy atom. The fourth-order valence-corrected chi connectivity index (χ4v) is 2.32. The molecule has 3 heterocycles. The largest absolute Gasteiger partial charge is 0.368 e. The van der Waals surface area contributed by atoms with Crippen LogP contribution >= 0.6 is 0 Å². The van der Waals surface area contributed by atoms with Crippen molar-refractivity contribution in [1.29, 1.82) is 0 Å². The number of aromatic amines is 2. The number of aromatic nitrogens is 4. The number of nitrogens with two attached hydrogens (primary N) is 1. The van der Waals surface area contributed by atoms with Crippen LogP contribution < -0.4 is 17.0 Å². The summed E-state index contributed by atoms with van der Waals surface area (Å²) in [6.07, 6.45) is 3.94. The first-order chi connectivity index (χ1) is 9.61. The van der Waals surface area contributed by atoms with Crippen molar-refractivity contribution in [1.82, 2.24) is 24.8 Å². The molecular weight excluding hydrogens is 260 g/mol. The maximum atomic E-state index is 11.7. The molecule has 20 heavy (non-hydrogen) atoms. The third-order valence-corrected chi connectivity index (χ3v) is 3.32. The molecule has 0 fully saturated rings.